The van der Waals surface area contributed by atoms with Gasteiger partial charge in [0.2, 0.25) is 53.2 Å². The first kappa shape index (κ1) is 67.7. The van der Waals surface area contributed by atoms with Crippen LogP contribution in [0.15, 0.2) is 4.99 Å². The summed E-state index contributed by atoms with van der Waals surface area (Å²) in [4.78, 5) is 147. The molecule has 0 aromatic carbocycles. The Hall–Kier alpha value is -6.33. The normalized spacial score (nSPS) is 15.1. The van der Waals surface area contributed by atoms with E-state index >= 15 is 0 Å². The highest BCUT2D eigenvalue weighted by molar-refractivity contribution is 7.98. The van der Waals surface area contributed by atoms with Gasteiger partial charge in [0.15, 0.2) is 5.96 Å². The molecule has 0 aromatic heterocycles. The van der Waals surface area contributed by atoms with Gasteiger partial charge in [0, 0.05) is 13.0 Å². The Morgan fingerprint density at radius 3 is 1.42 bits per heavy atom. The van der Waals surface area contributed by atoms with Gasteiger partial charge >= 0.3 is 11.9 Å². The fraction of sp³-hybridized carbons (Fsp3) is 0.733. The van der Waals surface area contributed by atoms with E-state index in [-0.39, 0.29) is 44.1 Å². The summed E-state index contributed by atoms with van der Waals surface area (Å²) < 4.78 is 0. The van der Waals surface area contributed by atoms with Crippen molar-refractivity contribution in [2.45, 2.75) is 167 Å². The first-order valence-electron chi connectivity index (χ1n) is 24.4. The van der Waals surface area contributed by atoms with Gasteiger partial charge < -0.3 is 86.1 Å². The fourth-order valence-corrected chi connectivity index (χ4v) is 7.17. The lowest BCUT2D eigenvalue weighted by atomic mass is 9.99. The number of nitrogens with two attached hydrogens (primary N) is 4. The number of amides is 9. The molecule has 0 aliphatic heterocycles. The van der Waals surface area contributed by atoms with E-state index in [1.807, 2.05) is 0 Å². The van der Waals surface area contributed by atoms with Crippen LogP contribution >= 0.6 is 11.8 Å². The lowest BCUT2D eigenvalue weighted by Crippen LogP contribution is -2.60. The van der Waals surface area contributed by atoms with Gasteiger partial charge in [-0.15, -0.1) is 0 Å². The predicted octanol–water partition coefficient (Wildman–Crippen LogP) is -4.68. The van der Waals surface area contributed by atoms with Crippen LogP contribution in [0.25, 0.3) is 0 Å². The van der Waals surface area contributed by atoms with Crippen molar-refractivity contribution in [3.05, 3.63) is 0 Å². The second-order valence-electron chi connectivity index (χ2n) is 18.4. The zero-order valence-electron chi connectivity index (χ0n) is 43.6. The molecule has 74 heavy (non-hydrogen) atoms. The van der Waals surface area contributed by atoms with Crippen LogP contribution in [-0.2, 0) is 52.7 Å². The first-order valence-corrected chi connectivity index (χ1v) is 25.8. The topological polar surface area (TPSA) is 473 Å². The number of unbranched alkanes of at least 4 members (excludes halogenated alkanes) is 1. The Morgan fingerprint density at radius 1 is 0.527 bits per heavy atom. The molecule has 0 rings (SSSR count). The molecule has 28 nitrogen and oxygen atoms in total. The Bertz CT molecular complexity index is 1920. The molecule has 0 saturated carbocycles. The summed E-state index contributed by atoms with van der Waals surface area (Å²) in [5.41, 5.74) is 22.4. The molecule has 0 unspecified atom stereocenters. The maximum absolute atomic E-state index is 13.9. The summed E-state index contributed by atoms with van der Waals surface area (Å²) in [5, 5.41) is 50.1. The average Bonchev–Trinajstić information content (AvgIpc) is 3.31. The van der Waals surface area contributed by atoms with Crippen LogP contribution in [0.5, 0.6) is 0 Å². The van der Waals surface area contributed by atoms with Gasteiger partial charge in [-0.1, -0.05) is 34.1 Å². The molecule has 0 aliphatic rings. The number of hydrogen-bond acceptors (Lipinski definition) is 16. The van der Waals surface area contributed by atoms with Crippen LogP contribution < -0.4 is 70.8 Å². The van der Waals surface area contributed by atoms with E-state index in [1.165, 1.54) is 32.5 Å². The van der Waals surface area contributed by atoms with Gasteiger partial charge in [-0.05, 0) is 96.1 Å². The summed E-state index contributed by atoms with van der Waals surface area (Å²) >= 11 is 1.32. The van der Waals surface area contributed by atoms with Crippen molar-refractivity contribution in [2.24, 2.45) is 39.8 Å². The molecule has 0 saturated heterocycles. The largest absolute Gasteiger partial charge is 0.481 e. The standard InChI is InChI=1S/C45H82N14O14S/c1-22(2)20-31(57-43(71)34(23(3)4)59-41(69)28(13-11-18-50-45(48)49)54-35(63)24(5)51-38(66)27(47)12-9-10-17-46)42(70)53-26(7)36(64)55-29(14-15-33(61)62)39(67)52-25(6)37(65)56-30(16-19-74-8)40(68)58-32(21-60)44(72)73/h22-32,34,60H,9-21,46-47H2,1-8H3,(H,51,66)(H,52,67)(H,53,70)(H,54,63)(H,55,64)(H,56,65)(H,57,71)(H,58,68)(H,59,69)(H,61,62)(H,72,73)(H4,48,49,50)/t24-,25-,26-,27-,28-,29-,30-,31-,32-,34-/m0/s1. The third-order valence-electron chi connectivity index (χ3n) is 11.0. The Morgan fingerprint density at radius 2 is 0.973 bits per heavy atom. The minimum Gasteiger partial charge on any atom is -0.481 e. The van der Waals surface area contributed by atoms with Crippen LogP contribution in [0.4, 0.5) is 0 Å². The van der Waals surface area contributed by atoms with Gasteiger partial charge in [-0.3, -0.25) is 52.9 Å². The monoisotopic (exact) mass is 1070 g/mol. The lowest BCUT2D eigenvalue weighted by molar-refractivity contribution is -0.143. The molecule has 0 aliphatic carbocycles. The number of hydrogen-bond donors (Lipinski definition) is 16. The number of aliphatic imine (C=N–C) groups is 1. The molecule has 20 N–H and O–H groups in total. The van der Waals surface area contributed by atoms with Crippen molar-refractivity contribution in [1.29, 1.82) is 0 Å². The van der Waals surface area contributed by atoms with Gasteiger partial charge in [0.25, 0.3) is 0 Å². The lowest BCUT2D eigenvalue weighted by Gasteiger charge is -2.29. The van der Waals surface area contributed by atoms with E-state index in [2.05, 4.69) is 52.8 Å². The number of aliphatic carboxylic acids is 2. The number of carbonyl (C=O) groups is 11. The molecule has 9 amide bonds. The van der Waals surface area contributed by atoms with Gasteiger partial charge in [0.1, 0.15) is 54.4 Å². The zero-order valence-corrected chi connectivity index (χ0v) is 44.4. The Labute approximate surface area is 435 Å². The number of carboxylic acids is 2. The third-order valence-corrected chi connectivity index (χ3v) is 11.7. The minimum absolute atomic E-state index is 0.00476. The highest BCUT2D eigenvalue weighted by atomic mass is 32.2. The van der Waals surface area contributed by atoms with E-state index in [4.69, 9.17) is 22.9 Å². The zero-order chi connectivity index (χ0) is 56.8. The average molecular weight is 1080 g/mol. The van der Waals surface area contributed by atoms with Crippen LogP contribution in [0.3, 0.4) is 0 Å². The van der Waals surface area contributed by atoms with E-state index in [1.54, 1.807) is 34.0 Å². The summed E-state index contributed by atoms with van der Waals surface area (Å²) in [7, 11) is 0. The van der Waals surface area contributed by atoms with Crippen molar-refractivity contribution >= 4 is 82.8 Å². The van der Waals surface area contributed by atoms with Crippen molar-refractivity contribution in [2.75, 3.05) is 31.7 Å². The second-order valence-corrected chi connectivity index (χ2v) is 19.4. The maximum Gasteiger partial charge on any atom is 0.328 e. The molecule has 0 fully saturated rings. The Kier molecular flexibility index (Phi) is 32.7. The number of guanidine groups is 1. The molecular weight excluding hydrogens is 993 g/mol. The number of carboxylic acid groups (broad SMARTS) is 2. The maximum atomic E-state index is 13.9. The summed E-state index contributed by atoms with van der Waals surface area (Å²) in [6.45, 7) is 10.3. The van der Waals surface area contributed by atoms with Crippen LogP contribution in [0.1, 0.15) is 106 Å². The van der Waals surface area contributed by atoms with E-state index in [0.717, 1.165) is 0 Å². The number of rotatable bonds is 37. The third kappa shape index (κ3) is 27.1. The van der Waals surface area contributed by atoms with Gasteiger partial charge in [0.05, 0.1) is 12.6 Å². The van der Waals surface area contributed by atoms with Crippen molar-refractivity contribution in [3.63, 3.8) is 0 Å². The number of nitrogens with zero attached hydrogens (tertiary/aromatic N) is 1. The molecule has 0 heterocycles. The SMILES string of the molecule is CSCC[C@H](NC(=O)[C@H](C)NC(=O)[C@H](CCC(=O)O)NC(=O)[C@H](C)NC(=O)[C@H](CC(C)C)NC(=O)[C@@H](NC(=O)[C@H](CCCN=C(N)N)NC(=O)[C@H](C)NC(=O)[C@@H](N)CCCCN)C(C)C)C(=O)N[C@@H](CO)C(=O)O. The number of carbonyl (C=O) groups excluding carboxylic acids is 9. The summed E-state index contributed by atoms with van der Waals surface area (Å²) in [6.07, 6.45) is 2.52. The van der Waals surface area contributed by atoms with Crippen molar-refractivity contribution < 1.29 is 68.1 Å². The Balaban J connectivity index is 6.21. The van der Waals surface area contributed by atoms with E-state index in [0.29, 0.717) is 31.6 Å². The molecule has 422 valence electrons. The molecular formula is C45H82N14O14S. The van der Waals surface area contributed by atoms with E-state index in [9.17, 15) is 68.1 Å². The van der Waals surface area contributed by atoms with Gasteiger partial charge in [-0.25, -0.2) is 4.79 Å². The minimum atomic E-state index is -1.65. The number of thioether (sulfide) groups is 1. The fourth-order valence-electron chi connectivity index (χ4n) is 6.70. The van der Waals surface area contributed by atoms with Gasteiger partial charge in [-0.2, -0.15) is 11.8 Å². The number of aliphatic hydroxyl groups excluding tert-OH is 1. The quantitative estimate of drug-likeness (QED) is 0.0158. The smallest absolute Gasteiger partial charge is 0.328 e. The van der Waals surface area contributed by atoms with Crippen LogP contribution in [0.2, 0.25) is 0 Å². The number of aliphatic hydroxyl groups is 1. The summed E-state index contributed by atoms with van der Waals surface area (Å²) in [5.74, 6) is -11.0. The molecule has 29 heteroatoms. The summed E-state index contributed by atoms with van der Waals surface area (Å²) in [6, 6.07) is -13.1. The molecule has 0 spiro atoms. The highest BCUT2D eigenvalue weighted by Crippen LogP contribution is 2.11. The first-order chi connectivity index (χ1) is 34.6. The molecule has 0 radical (unpaired) electrons. The molecule has 0 aromatic rings. The second kappa shape index (κ2) is 35.8. The molecule has 0 bridgehead atoms. The highest BCUT2D eigenvalue weighted by Gasteiger charge is 2.35. The van der Waals surface area contributed by atoms with Crippen LogP contribution in [-0.4, -0.2) is 179 Å². The van der Waals surface area contributed by atoms with Crippen molar-refractivity contribution in [3.8, 4) is 0 Å². The van der Waals surface area contributed by atoms with E-state index < -0.39 is 151 Å². The molecule has 10 atom stereocenters. The van der Waals surface area contributed by atoms with Crippen LogP contribution in [0, 0.1) is 11.8 Å². The predicted molar refractivity (Wildman–Crippen MR) is 274 cm³/mol. The number of nitrogens with one attached hydrogen (secondary N) is 9. The van der Waals surface area contributed by atoms with Crippen molar-refractivity contribution in [1.82, 2.24) is 47.9 Å².